The molecular weight excluding hydrogens is 194 g/mol. The van der Waals surface area contributed by atoms with Crippen LogP contribution in [0.2, 0.25) is 0 Å². The molecule has 6 nitrogen and oxygen atoms in total. The standard InChI is InChI=1S/C9H15N5O/c1-10-9(15)6-14-5-8(12-13-14)4-11-7-2-3-7/h5,7,11H,2-4,6H2,1H3,(H,10,15). The lowest BCUT2D eigenvalue weighted by molar-refractivity contribution is -0.121. The molecule has 0 spiro atoms. The zero-order valence-corrected chi connectivity index (χ0v) is 8.73. The molecule has 0 aliphatic heterocycles. The van der Waals surface area contributed by atoms with Crippen LogP contribution in [0, 0.1) is 0 Å². The fourth-order valence-corrected chi connectivity index (χ4v) is 1.26. The number of amides is 1. The summed E-state index contributed by atoms with van der Waals surface area (Å²) in [5, 5.41) is 13.7. The summed E-state index contributed by atoms with van der Waals surface area (Å²) in [6.07, 6.45) is 4.31. The van der Waals surface area contributed by atoms with Gasteiger partial charge in [0, 0.05) is 19.6 Å². The van der Waals surface area contributed by atoms with E-state index in [1.807, 2.05) is 0 Å². The molecule has 0 bridgehead atoms. The summed E-state index contributed by atoms with van der Waals surface area (Å²) in [5.41, 5.74) is 0.880. The van der Waals surface area contributed by atoms with Gasteiger partial charge in [0.2, 0.25) is 5.91 Å². The molecule has 1 amide bonds. The zero-order valence-electron chi connectivity index (χ0n) is 8.73. The monoisotopic (exact) mass is 209 g/mol. The first-order valence-corrected chi connectivity index (χ1v) is 5.11. The zero-order chi connectivity index (χ0) is 10.7. The summed E-state index contributed by atoms with van der Waals surface area (Å²) >= 11 is 0. The molecule has 0 aromatic carbocycles. The van der Waals surface area contributed by atoms with Crippen molar-refractivity contribution in [1.82, 2.24) is 25.6 Å². The van der Waals surface area contributed by atoms with Gasteiger partial charge in [-0.05, 0) is 12.8 Å². The molecule has 0 saturated heterocycles. The van der Waals surface area contributed by atoms with Gasteiger partial charge in [-0.3, -0.25) is 4.79 Å². The molecule has 1 fully saturated rings. The number of carbonyl (C=O) groups is 1. The van der Waals surface area contributed by atoms with E-state index >= 15 is 0 Å². The van der Waals surface area contributed by atoms with Gasteiger partial charge in [0.15, 0.2) is 0 Å². The molecule has 1 aliphatic carbocycles. The van der Waals surface area contributed by atoms with E-state index in [2.05, 4.69) is 20.9 Å². The Morgan fingerprint density at radius 3 is 3.13 bits per heavy atom. The van der Waals surface area contributed by atoms with Crippen LogP contribution in [-0.4, -0.2) is 34.0 Å². The molecule has 1 aromatic rings. The van der Waals surface area contributed by atoms with Crippen LogP contribution in [0.5, 0.6) is 0 Å². The predicted octanol–water partition coefficient (Wildman–Crippen LogP) is -0.724. The maximum Gasteiger partial charge on any atom is 0.241 e. The van der Waals surface area contributed by atoms with Crippen molar-refractivity contribution >= 4 is 5.91 Å². The molecule has 1 aliphatic rings. The fourth-order valence-electron chi connectivity index (χ4n) is 1.26. The molecule has 82 valence electrons. The third kappa shape index (κ3) is 3.02. The number of carbonyl (C=O) groups excluding carboxylic acids is 1. The minimum absolute atomic E-state index is 0.0680. The first-order chi connectivity index (χ1) is 7.28. The molecular formula is C9H15N5O. The van der Waals surface area contributed by atoms with Crippen LogP contribution in [0.25, 0.3) is 0 Å². The second-order valence-electron chi connectivity index (χ2n) is 3.74. The summed E-state index contributed by atoms with van der Waals surface area (Å²) < 4.78 is 1.54. The van der Waals surface area contributed by atoms with Crippen molar-refractivity contribution in [2.45, 2.75) is 32.0 Å². The molecule has 2 N–H and O–H groups in total. The Kier molecular flexibility index (Phi) is 2.96. The van der Waals surface area contributed by atoms with Gasteiger partial charge in [0.05, 0.1) is 11.9 Å². The van der Waals surface area contributed by atoms with Crippen LogP contribution < -0.4 is 10.6 Å². The molecule has 6 heteroatoms. The van der Waals surface area contributed by atoms with Crippen LogP contribution in [0.1, 0.15) is 18.5 Å². The Labute approximate surface area is 88.0 Å². The summed E-state index contributed by atoms with van der Waals surface area (Å²) in [7, 11) is 1.61. The van der Waals surface area contributed by atoms with E-state index < -0.39 is 0 Å². The minimum Gasteiger partial charge on any atom is -0.358 e. The highest BCUT2D eigenvalue weighted by molar-refractivity contribution is 5.75. The van der Waals surface area contributed by atoms with Crippen molar-refractivity contribution in [1.29, 1.82) is 0 Å². The summed E-state index contributed by atoms with van der Waals surface area (Å²) in [5.74, 6) is -0.0680. The number of likely N-dealkylation sites (N-methyl/N-ethyl adjacent to an activating group) is 1. The van der Waals surface area contributed by atoms with Crippen molar-refractivity contribution in [3.8, 4) is 0 Å². The highest BCUT2D eigenvalue weighted by Crippen LogP contribution is 2.18. The number of hydrogen-bond donors (Lipinski definition) is 2. The van der Waals surface area contributed by atoms with E-state index in [1.165, 1.54) is 12.8 Å². The number of aromatic nitrogens is 3. The first-order valence-electron chi connectivity index (χ1n) is 5.11. The summed E-state index contributed by atoms with van der Waals surface area (Å²) in [6.45, 7) is 0.964. The van der Waals surface area contributed by atoms with Gasteiger partial charge >= 0.3 is 0 Å². The SMILES string of the molecule is CNC(=O)Cn1cc(CNC2CC2)nn1. The van der Waals surface area contributed by atoms with Crippen LogP contribution >= 0.6 is 0 Å². The molecule has 15 heavy (non-hydrogen) atoms. The molecule has 0 unspecified atom stereocenters. The quantitative estimate of drug-likeness (QED) is 0.671. The highest BCUT2D eigenvalue weighted by Gasteiger charge is 2.20. The van der Waals surface area contributed by atoms with Gasteiger partial charge < -0.3 is 10.6 Å². The van der Waals surface area contributed by atoms with E-state index in [0.717, 1.165) is 12.2 Å². The molecule has 0 radical (unpaired) electrons. The first kappa shape index (κ1) is 10.1. The third-order valence-corrected chi connectivity index (χ3v) is 2.32. The number of nitrogens with zero attached hydrogens (tertiary/aromatic N) is 3. The Hall–Kier alpha value is -1.43. The smallest absolute Gasteiger partial charge is 0.241 e. The van der Waals surface area contributed by atoms with Crippen LogP contribution in [0.4, 0.5) is 0 Å². The van der Waals surface area contributed by atoms with Gasteiger partial charge in [-0.25, -0.2) is 4.68 Å². The lowest BCUT2D eigenvalue weighted by Crippen LogP contribution is -2.23. The van der Waals surface area contributed by atoms with Gasteiger partial charge in [0.1, 0.15) is 6.54 Å². The lowest BCUT2D eigenvalue weighted by atomic mass is 10.4. The van der Waals surface area contributed by atoms with Crippen molar-refractivity contribution in [3.05, 3.63) is 11.9 Å². The fraction of sp³-hybridized carbons (Fsp3) is 0.667. The summed E-state index contributed by atoms with van der Waals surface area (Å²) in [6, 6.07) is 0.661. The van der Waals surface area contributed by atoms with Crippen molar-refractivity contribution in [2.75, 3.05) is 7.05 Å². The highest BCUT2D eigenvalue weighted by atomic mass is 16.1. The van der Waals surface area contributed by atoms with Gasteiger partial charge in [0.25, 0.3) is 0 Å². The largest absolute Gasteiger partial charge is 0.358 e. The van der Waals surface area contributed by atoms with Gasteiger partial charge in [-0.1, -0.05) is 5.21 Å². The Morgan fingerprint density at radius 2 is 2.47 bits per heavy atom. The van der Waals surface area contributed by atoms with E-state index in [4.69, 9.17) is 0 Å². The average Bonchev–Trinajstić information content (AvgIpc) is 2.97. The number of nitrogens with one attached hydrogen (secondary N) is 2. The van der Waals surface area contributed by atoms with E-state index in [0.29, 0.717) is 6.04 Å². The average molecular weight is 209 g/mol. The predicted molar refractivity (Wildman–Crippen MR) is 54.0 cm³/mol. The van der Waals surface area contributed by atoms with Crippen molar-refractivity contribution in [2.24, 2.45) is 0 Å². The summed E-state index contributed by atoms with van der Waals surface area (Å²) in [4.78, 5) is 11.1. The van der Waals surface area contributed by atoms with E-state index in [9.17, 15) is 4.79 Å². The van der Waals surface area contributed by atoms with E-state index in [-0.39, 0.29) is 12.5 Å². The van der Waals surface area contributed by atoms with Crippen LogP contribution in [0.15, 0.2) is 6.20 Å². The third-order valence-electron chi connectivity index (χ3n) is 2.32. The Bertz CT molecular complexity index is 344. The number of rotatable bonds is 5. The maximum absolute atomic E-state index is 11.1. The second-order valence-corrected chi connectivity index (χ2v) is 3.74. The van der Waals surface area contributed by atoms with Crippen molar-refractivity contribution in [3.63, 3.8) is 0 Å². The van der Waals surface area contributed by atoms with Gasteiger partial charge in [-0.15, -0.1) is 5.10 Å². The Balaban J connectivity index is 1.82. The van der Waals surface area contributed by atoms with E-state index in [1.54, 1.807) is 17.9 Å². The minimum atomic E-state index is -0.0680. The van der Waals surface area contributed by atoms with Gasteiger partial charge in [-0.2, -0.15) is 0 Å². The molecule has 1 heterocycles. The van der Waals surface area contributed by atoms with Crippen LogP contribution in [0.3, 0.4) is 0 Å². The van der Waals surface area contributed by atoms with Crippen LogP contribution in [-0.2, 0) is 17.9 Å². The molecule has 2 rings (SSSR count). The maximum atomic E-state index is 11.1. The topological polar surface area (TPSA) is 71.8 Å². The number of hydrogen-bond acceptors (Lipinski definition) is 4. The normalized spacial score (nSPS) is 15.3. The Morgan fingerprint density at radius 1 is 1.67 bits per heavy atom. The lowest BCUT2D eigenvalue weighted by Gasteiger charge is -1.98. The molecule has 1 aromatic heterocycles. The molecule has 1 saturated carbocycles. The second kappa shape index (κ2) is 4.39. The van der Waals surface area contributed by atoms with Crippen molar-refractivity contribution < 1.29 is 4.79 Å². The molecule has 0 atom stereocenters.